The van der Waals surface area contributed by atoms with Gasteiger partial charge in [0.1, 0.15) is 0 Å². The molecule has 4 heteroatoms. The topological polar surface area (TPSA) is 52.6 Å². The third-order valence-corrected chi connectivity index (χ3v) is 4.67. The smallest absolute Gasteiger partial charge is 0.219 e. The molecule has 1 heterocycles. The number of likely N-dealkylation sites (tertiary alicyclic amines) is 1. The van der Waals surface area contributed by atoms with E-state index in [0.29, 0.717) is 12.3 Å². The predicted octanol–water partition coefficient (Wildman–Crippen LogP) is 1.14. The number of nitrogens with one attached hydrogen (secondary N) is 1. The molecule has 2 unspecified atom stereocenters. The number of fused-ring (bicyclic) bond motifs is 1. The van der Waals surface area contributed by atoms with Gasteiger partial charge < -0.3 is 15.3 Å². The highest BCUT2D eigenvalue weighted by molar-refractivity contribution is 5.75. The minimum Gasteiger partial charge on any atom is -0.390 e. The van der Waals surface area contributed by atoms with Gasteiger partial charge in [-0.3, -0.25) is 4.79 Å². The van der Waals surface area contributed by atoms with Gasteiger partial charge in [0.25, 0.3) is 0 Å². The van der Waals surface area contributed by atoms with Gasteiger partial charge in [0, 0.05) is 32.5 Å². The number of nitrogens with zero attached hydrogens (tertiary/aromatic N) is 1. The summed E-state index contributed by atoms with van der Waals surface area (Å²) < 4.78 is 0. The van der Waals surface area contributed by atoms with Crippen molar-refractivity contribution in [2.75, 3.05) is 26.7 Å². The number of carbonyl (C=O) groups excluding carboxylic acids is 1. The number of hydrogen-bond donors (Lipinski definition) is 2. The van der Waals surface area contributed by atoms with Crippen molar-refractivity contribution >= 4 is 5.91 Å². The third kappa shape index (κ3) is 3.23. The zero-order valence-corrected chi connectivity index (χ0v) is 11.5. The van der Waals surface area contributed by atoms with Crippen LogP contribution in [0.4, 0.5) is 0 Å². The fourth-order valence-electron chi connectivity index (χ4n) is 3.43. The molecule has 1 aliphatic carbocycles. The van der Waals surface area contributed by atoms with Gasteiger partial charge in [-0.2, -0.15) is 0 Å². The monoisotopic (exact) mass is 254 g/mol. The Morgan fingerprint density at radius 1 is 1.44 bits per heavy atom. The summed E-state index contributed by atoms with van der Waals surface area (Å²) in [4.78, 5) is 13.6. The molecule has 2 aliphatic rings. The Hall–Kier alpha value is -0.610. The number of rotatable bonds is 4. The number of carbonyl (C=O) groups is 1. The van der Waals surface area contributed by atoms with Gasteiger partial charge in [0.2, 0.25) is 5.91 Å². The van der Waals surface area contributed by atoms with Gasteiger partial charge in [-0.1, -0.05) is 12.8 Å². The Morgan fingerprint density at radius 2 is 2.28 bits per heavy atom. The highest BCUT2D eigenvalue weighted by Crippen LogP contribution is 2.39. The summed E-state index contributed by atoms with van der Waals surface area (Å²) in [5, 5.41) is 13.2. The highest BCUT2D eigenvalue weighted by atomic mass is 16.3. The molecule has 0 radical (unpaired) electrons. The number of piperidine rings is 1. The molecule has 2 atom stereocenters. The van der Waals surface area contributed by atoms with Crippen LogP contribution in [-0.4, -0.2) is 48.2 Å². The molecule has 1 saturated heterocycles. The van der Waals surface area contributed by atoms with Crippen molar-refractivity contribution in [3.63, 3.8) is 0 Å². The van der Waals surface area contributed by atoms with Crippen LogP contribution in [0.15, 0.2) is 0 Å². The van der Waals surface area contributed by atoms with E-state index in [1.807, 2.05) is 0 Å². The minimum atomic E-state index is -0.379. The first-order valence-electron chi connectivity index (χ1n) is 7.29. The molecule has 0 aromatic rings. The lowest BCUT2D eigenvalue weighted by atomic mass is 9.71. The fraction of sp³-hybridized carbons (Fsp3) is 0.929. The van der Waals surface area contributed by atoms with Crippen LogP contribution in [-0.2, 0) is 4.79 Å². The molecule has 0 bridgehead atoms. The van der Waals surface area contributed by atoms with E-state index in [9.17, 15) is 9.90 Å². The molecule has 2 fully saturated rings. The third-order valence-electron chi connectivity index (χ3n) is 4.67. The molecule has 0 aromatic heterocycles. The van der Waals surface area contributed by atoms with Gasteiger partial charge in [-0.05, 0) is 32.2 Å². The van der Waals surface area contributed by atoms with Crippen LogP contribution in [0.3, 0.4) is 0 Å². The van der Waals surface area contributed by atoms with Gasteiger partial charge in [0.15, 0.2) is 0 Å². The van der Waals surface area contributed by atoms with Crippen molar-refractivity contribution < 1.29 is 9.90 Å². The fourth-order valence-corrected chi connectivity index (χ4v) is 3.43. The Morgan fingerprint density at radius 3 is 3.06 bits per heavy atom. The summed E-state index contributed by atoms with van der Waals surface area (Å²) in [5.41, 5.74) is -0.379. The number of hydrogen-bond acceptors (Lipinski definition) is 3. The molecular formula is C14H26N2O2. The zero-order chi connectivity index (χ0) is 13.0. The first-order chi connectivity index (χ1) is 8.64. The quantitative estimate of drug-likeness (QED) is 0.791. The number of amides is 1. The summed E-state index contributed by atoms with van der Waals surface area (Å²) in [5.74, 6) is 0.584. The molecule has 1 saturated carbocycles. The maximum Gasteiger partial charge on any atom is 0.219 e. The largest absolute Gasteiger partial charge is 0.390 e. The Bertz CT molecular complexity index is 296. The van der Waals surface area contributed by atoms with Crippen LogP contribution in [0.1, 0.15) is 44.9 Å². The summed E-state index contributed by atoms with van der Waals surface area (Å²) in [6.07, 6.45) is 7.05. The maximum atomic E-state index is 11.2. The van der Waals surface area contributed by atoms with E-state index in [2.05, 4.69) is 10.2 Å². The first-order valence-corrected chi connectivity index (χ1v) is 7.29. The molecular weight excluding hydrogens is 228 g/mol. The van der Waals surface area contributed by atoms with E-state index in [1.54, 1.807) is 7.05 Å². The lowest BCUT2D eigenvalue weighted by Crippen LogP contribution is -2.53. The number of aliphatic hydroxyl groups is 1. The highest BCUT2D eigenvalue weighted by Gasteiger charge is 2.42. The molecule has 4 nitrogen and oxygen atoms in total. The van der Waals surface area contributed by atoms with Crippen LogP contribution in [0.5, 0.6) is 0 Å². The maximum absolute atomic E-state index is 11.2. The second-order valence-corrected chi connectivity index (χ2v) is 5.87. The minimum absolute atomic E-state index is 0.126. The van der Waals surface area contributed by atoms with Crippen molar-refractivity contribution in [1.29, 1.82) is 0 Å². The van der Waals surface area contributed by atoms with Crippen molar-refractivity contribution in [2.24, 2.45) is 5.92 Å². The summed E-state index contributed by atoms with van der Waals surface area (Å²) >= 11 is 0. The molecule has 0 spiro atoms. The van der Waals surface area contributed by atoms with Gasteiger partial charge >= 0.3 is 0 Å². The molecule has 2 rings (SSSR count). The molecule has 2 N–H and O–H groups in total. The van der Waals surface area contributed by atoms with Gasteiger partial charge in [-0.25, -0.2) is 0 Å². The molecule has 0 aromatic carbocycles. The van der Waals surface area contributed by atoms with E-state index in [-0.39, 0.29) is 11.5 Å². The lowest BCUT2D eigenvalue weighted by molar-refractivity contribution is -0.121. The summed E-state index contributed by atoms with van der Waals surface area (Å²) in [6.45, 7) is 2.99. The molecule has 18 heavy (non-hydrogen) atoms. The van der Waals surface area contributed by atoms with E-state index < -0.39 is 0 Å². The lowest BCUT2D eigenvalue weighted by Gasteiger charge is -2.47. The molecule has 1 amide bonds. The van der Waals surface area contributed by atoms with Gasteiger partial charge in [-0.15, -0.1) is 0 Å². The SMILES string of the molecule is CNC(=O)CCCN1CCC2(O)CCCCC2C1. The summed E-state index contributed by atoms with van der Waals surface area (Å²) in [7, 11) is 1.69. The van der Waals surface area contributed by atoms with Crippen LogP contribution in [0.2, 0.25) is 0 Å². The zero-order valence-electron chi connectivity index (χ0n) is 11.5. The average molecular weight is 254 g/mol. The van der Waals surface area contributed by atoms with Crippen LogP contribution < -0.4 is 5.32 Å². The Kier molecular flexibility index (Phi) is 4.62. The van der Waals surface area contributed by atoms with E-state index in [0.717, 1.165) is 38.9 Å². The second-order valence-electron chi connectivity index (χ2n) is 5.87. The van der Waals surface area contributed by atoms with E-state index in [1.165, 1.54) is 19.3 Å². The second kappa shape index (κ2) is 6.02. The van der Waals surface area contributed by atoms with Crippen molar-refractivity contribution in [1.82, 2.24) is 10.2 Å². The van der Waals surface area contributed by atoms with Crippen molar-refractivity contribution in [2.45, 2.75) is 50.5 Å². The van der Waals surface area contributed by atoms with Crippen LogP contribution in [0, 0.1) is 5.92 Å². The normalized spacial score (nSPS) is 32.9. The predicted molar refractivity (Wildman–Crippen MR) is 71.3 cm³/mol. The van der Waals surface area contributed by atoms with Crippen molar-refractivity contribution in [3.05, 3.63) is 0 Å². The van der Waals surface area contributed by atoms with E-state index in [4.69, 9.17) is 0 Å². The van der Waals surface area contributed by atoms with Crippen LogP contribution >= 0.6 is 0 Å². The Balaban J connectivity index is 1.75. The average Bonchev–Trinajstić information content (AvgIpc) is 2.38. The van der Waals surface area contributed by atoms with Gasteiger partial charge in [0.05, 0.1) is 5.60 Å². The Labute approximate surface area is 110 Å². The first kappa shape index (κ1) is 13.8. The molecule has 1 aliphatic heterocycles. The van der Waals surface area contributed by atoms with Crippen molar-refractivity contribution in [3.8, 4) is 0 Å². The van der Waals surface area contributed by atoms with E-state index >= 15 is 0 Å². The summed E-state index contributed by atoms with van der Waals surface area (Å²) in [6, 6.07) is 0. The molecule has 104 valence electrons. The standard InChI is InChI=1S/C14H26N2O2/c1-15-13(17)6-4-9-16-10-8-14(18)7-3-2-5-12(14)11-16/h12,18H,2-11H2,1H3,(H,15,17). The van der Waals surface area contributed by atoms with Crippen LogP contribution in [0.25, 0.3) is 0 Å².